The van der Waals surface area contributed by atoms with E-state index in [0.29, 0.717) is 12.8 Å². The van der Waals surface area contributed by atoms with Gasteiger partial charge in [-0.25, -0.2) is 9.13 Å². The molecule has 0 aromatic carbocycles. The standard InChI is InChI=1S/C45H80O18P2/c1-3-5-7-8-9-10-11-12-13-14-18-21-25-31-38(48)59-33-37(34-60-65(57,58)63-45-42(52)40(50)41(51)44(43(45)53)62-64(54,55)56)61-39(49)32-26-30-36(47)29-24-20-17-15-16-19-23-28-35(46)27-22-6-4-2/h16-17,19-20,23-24,28-29,35-37,40-47,50-53H,3-15,18,21-22,25-27,30-34H2,1-2H3,(H,57,58)(H2,54,55,56)/b19-16-,20-17-,28-23+,29-24+/t35-,36-,37-,40?,41?,42?,43?,44-,45+/m1/s1. The number of carbonyl (C=O) groups excluding carboxylic acids is 2. The third kappa shape index (κ3) is 30.8. The molecule has 18 nitrogen and oxygen atoms in total. The van der Waals surface area contributed by atoms with E-state index in [0.717, 1.165) is 51.4 Å². The minimum Gasteiger partial charge on any atom is -0.462 e. The van der Waals surface area contributed by atoms with Crippen molar-refractivity contribution in [2.75, 3.05) is 13.2 Å². The monoisotopic (exact) mass is 970 g/mol. The highest BCUT2D eigenvalue weighted by molar-refractivity contribution is 7.47. The molecule has 0 radical (unpaired) electrons. The van der Waals surface area contributed by atoms with Crippen LogP contribution in [-0.4, -0.2) is 125 Å². The fraction of sp³-hybridized carbons (Fsp3) is 0.778. The number of rotatable bonds is 38. The van der Waals surface area contributed by atoms with Crippen LogP contribution in [0.5, 0.6) is 0 Å². The van der Waals surface area contributed by atoms with Gasteiger partial charge in [0.25, 0.3) is 0 Å². The van der Waals surface area contributed by atoms with Gasteiger partial charge in [-0.05, 0) is 32.1 Å². The first-order valence-electron chi connectivity index (χ1n) is 23.4. The molecule has 1 saturated carbocycles. The number of carbonyl (C=O) groups is 2. The largest absolute Gasteiger partial charge is 0.472 e. The number of allylic oxidation sites excluding steroid dienone is 6. The molecule has 1 aliphatic rings. The summed E-state index contributed by atoms with van der Waals surface area (Å²) in [6.07, 6.45) is 17.0. The lowest BCUT2D eigenvalue weighted by atomic mass is 9.85. The van der Waals surface area contributed by atoms with Crippen LogP contribution in [0, 0.1) is 0 Å². The first kappa shape index (κ1) is 60.9. The molecule has 1 fully saturated rings. The Morgan fingerprint density at radius 3 is 1.54 bits per heavy atom. The molecule has 0 amide bonds. The SMILES string of the molecule is CCCCCCCCCCCCCCCC(=O)OC[C@H](COP(=O)(O)O[C@H]1C(O)C(O)C(O)[C@@H](OP(=O)(O)O)C1O)OC(=O)CCC[C@H](O)/C=C/C=C\C/C=C\C=C\[C@H](O)CCCCC. The number of hydrogen-bond acceptors (Lipinski definition) is 15. The summed E-state index contributed by atoms with van der Waals surface area (Å²) in [5.41, 5.74) is 0. The van der Waals surface area contributed by atoms with Crippen molar-refractivity contribution in [2.45, 2.75) is 210 Å². The highest BCUT2D eigenvalue weighted by atomic mass is 31.2. The second-order valence-electron chi connectivity index (χ2n) is 16.5. The third-order valence-electron chi connectivity index (χ3n) is 10.6. The highest BCUT2D eigenvalue weighted by Crippen LogP contribution is 2.49. The van der Waals surface area contributed by atoms with Gasteiger partial charge in [-0.2, -0.15) is 0 Å². The maximum Gasteiger partial charge on any atom is 0.472 e. The van der Waals surface area contributed by atoms with Crippen LogP contribution in [0.4, 0.5) is 0 Å². The number of aliphatic hydroxyl groups is 6. The Kier molecular flexibility index (Phi) is 33.7. The van der Waals surface area contributed by atoms with Crippen molar-refractivity contribution in [3.05, 3.63) is 48.6 Å². The van der Waals surface area contributed by atoms with Crippen LogP contribution in [0.3, 0.4) is 0 Å². The molecular weight excluding hydrogens is 890 g/mol. The summed E-state index contributed by atoms with van der Waals surface area (Å²) < 4.78 is 49.1. The number of phosphoric ester groups is 2. The van der Waals surface area contributed by atoms with E-state index in [-0.39, 0.29) is 25.7 Å². The fourth-order valence-electron chi connectivity index (χ4n) is 6.89. The van der Waals surface area contributed by atoms with Crippen molar-refractivity contribution >= 4 is 27.6 Å². The summed E-state index contributed by atoms with van der Waals surface area (Å²) in [5.74, 6) is -1.43. The van der Waals surface area contributed by atoms with E-state index in [9.17, 15) is 54.3 Å². The molecule has 1 rings (SSSR count). The van der Waals surface area contributed by atoms with Gasteiger partial charge >= 0.3 is 27.6 Å². The van der Waals surface area contributed by atoms with Crippen molar-refractivity contribution < 1.29 is 87.1 Å². The van der Waals surface area contributed by atoms with Crippen molar-refractivity contribution in [2.24, 2.45) is 0 Å². The minimum atomic E-state index is -5.39. The molecule has 0 heterocycles. The summed E-state index contributed by atoms with van der Waals surface area (Å²) in [7, 11) is -10.8. The maximum absolute atomic E-state index is 13.0. The summed E-state index contributed by atoms with van der Waals surface area (Å²) in [6.45, 7) is 2.81. The molecule has 0 aliphatic heterocycles. The zero-order chi connectivity index (χ0) is 48.5. The highest BCUT2D eigenvalue weighted by Gasteiger charge is 2.54. The summed E-state index contributed by atoms with van der Waals surface area (Å²) >= 11 is 0. The quantitative estimate of drug-likeness (QED) is 0.0139. The number of aliphatic hydroxyl groups excluding tert-OH is 6. The topological polar surface area (TPSA) is 296 Å². The molecule has 9 N–H and O–H groups in total. The van der Waals surface area contributed by atoms with Crippen molar-refractivity contribution in [3.8, 4) is 0 Å². The van der Waals surface area contributed by atoms with Crippen LogP contribution in [0.15, 0.2) is 48.6 Å². The Bertz CT molecular complexity index is 1480. The number of phosphoric acid groups is 2. The molecule has 0 spiro atoms. The molecule has 10 atom stereocenters. The summed E-state index contributed by atoms with van der Waals surface area (Å²) in [5, 5.41) is 61.5. The average molecular weight is 971 g/mol. The average Bonchev–Trinajstić information content (AvgIpc) is 3.25. The Balaban J connectivity index is 2.72. The molecule has 0 bridgehead atoms. The second-order valence-corrected chi connectivity index (χ2v) is 19.1. The third-order valence-corrected chi connectivity index (χ3v) is 12.1. The molecular formula is C45H80O18P2. The number of unbranched alkanes of at least 4 members (excludes halogenated alkanes) is 14. The van der Waals surface area contributed by atoms with Crippen LogP contribution in [0.2, 0.25) is 0 Å². The van der Waals surface area contributed by atoms with Gasteiger partial charge in [-0.1, -0.05) is 159 Å². The zero-order valence-corrected chi connectivity index (χ0v) is 40.2. The number of esters is 2. The Labute approximate surface area is 385 Å². The summed E-state index contributed by atoms with van der Waals surface area (Å²) in [4.78, 5) is 54.2. The fourth-order valence-corrected chi connectivity index (χ4v) is 8.43. The minimum absolute atomic E-state index is 0.0727. The van der Waals surface area contributed by atoms with E-state index >= 15 is 0 Å². The first-order valence-corrected chi connectivity index (χ1v) is 26.4. The van der Waals surface area contributed by atoms with Gasteiger partial charge < -0.3 is 54.8 Å². The Morgan fingerprint density at radius 1 is 0.554 bits per heavy atom. The van der Waals surface area contributed by atoms with Gasteiger partial charge in [-0.3, -0.25) is 23.2 Å². The van der Waals surface area contributed by atoms with Gasteiger partial charge in [0, 0.05) is 12.8 Å². The lowest BCUT2D eigenvalue weighted by Crippen LogP contribution is -2.64. The smallest absolute Gasteiger partial charge is 0.462 e. The lowest BCUT2D eigenvalue weighted by Gasteiger charge is -2.43. The van der Waals surface area contributed by atoms with Gasteiger partial charge in [0.05, 0.1) is 18.8 Å². The van der Waals surface area contributed by atoms with Gasteiger partial charge in [0.15, 0.2) is 6.10 Å². The van der Waals surface area contributed by atoms with E-state index in [4.69, 9.17) is 28.3 Å². The molecule has 0 aromatic heterocycles. The van der Waals surface area contributed by atoms with Gasteiger partial charge in [-0.15, -0.1) is 0 Å². The van der Waals surface area contributed by atoms with E-state index in [1.165, 1.54) is 51.4 Å². The predicted octanol–water partition coefficient (Wildman–Crippen LogP) is 6.45. The molecule has 20 heteroatoms. The summed E-state index contributed by atoms with van der Waals surface area (Å²) in [6, 6.07) is 0. The maximum atomic E-state index is 13.0. The lowest BCUT2D eigenvalue weighted by molar-refractivity contribution is -0.216. The van der Waals surface area contributed by atoms with Crippen LogP contribution >= 0.6 is 15.6 Å². The molecule has 378 valence electrons. The molecule has 1 aliphatic carbocycles. The van der Waals surface area contributed by atoms with E-state index in [1.54, 1.807) is 30.4 Å². The van der Waals surface area contributed by atoms with Crippen LogP contribution in [0.25, 0.3) is 0 Å². The number of ether oxygens (including phenoxy) is 2. The molecule has 0 aromatic rings. The van der Waals surface area contributed by atoms with Crippen LogP contribution < -0.4 is 0 Å². The Hall–Kier alpha value is -2.12. The zero-order valence-electron chi connectivity index (χ0n) is 38.4. The molecule has 5 unspecified atom stereocenters. The number of hydrogen-bond donors (Lipinski definition) is 9. The van der Waals surface area contributed by atoms with E-state index < -0.39 is 95.7 Å². The van der Waals surface area contributed by atoms with Crippen LogP contribution in [0.1, 0.15) is 155 Å². The van der Waals surface area contributed by atoms with E-state index in [2.05, 4.69) is 18.4 Å². The normalized spacial score (nSPS) is 23.1. The Morgan fingerprint density at radius 2 is 1.02 bits per heavy atom. The van der Waals surface area contributed by atoms with Crippen molar-refractivity contribution in [1.29, 1.82) is 0 Å². The van der Waals surface area contributed by atoms with Crippen molar-refractivity contribution in [3.63, 3.8) is 0 Å². The second kappa shape index (κ2) is 35.9. The first-order chi connectivity index (χ1) is 30.9. The van der Waals surface area contributed by atoms with Gasteiger partial charge in [0.2, 0.25) is 0 Å². The van der Waals surface area contributed by atoms with Crippen LogP contribution in [-0.2, 0) is 41.8 Å². The molecule has 0 saturated heterocycles. The van der Waals surface area contributed by atoms with Crippen molar-refractivity contribution in [1.82, 2.24) is 0 Å². The predicted molar refractivity (Wildman–Crippen MR) is 244 cm³/mol. The van der Waals surface area contributed by atoms with Gasteiger partial charge in [0.1, 0.15) is 43.2 Å². The van der Waals surface area contributed by atoms with E-state index in [1.807, 2.05) is 18.2 Å². The molecule has 65 heavy (non-hydrogen) atoms.